The summed E-state index contributed by atoms with van der Waals surface area (Å²) >= 11 is 5.85. The zero-order valence-corrected chi connectivity index (χ0v) is 10.4. The fraction of sp³-hybridized carbons (Fsp3) is 0.273. The first kappa shape index (κ1) is 14.3. The van der Waals surface area contributed by atoms with Crippen LogP contribution in [0.25, 0.3) is 0 Å². The third-order valence-corrected chi connectivity index (χ3v) is 2.57. The molecule has 0 bridgehead atoms. The van der Waals surface area contributed by atoms with Gasteiger partial charge >= 0.3 is 12.0 Å². The van der Waals surface area contributed by atoms with Gasteiger partial charge in [0.2, 0.25) is 0 Å². The molecule has 0 spiro atoms. The second kappa shape index (κ2) is 6.23. The molecule has 1 rings (SSSR count). The van der Waals surface area contributed by atoms with Crippen LogP contribution in [0.5, 0.6) is 0 Å². The molecule has 0 unspecified atom stereocenters. The standard InChI is InChI=1S/C11H13ClN2O4/c1-14(4-5-15)11(18)13-9-6-7(10(16)17)2-3-8(9)12/h2-3,6,15H,4-5H2,1H3,(H,13,18)(H,16,17). The van der Waals surface area contributed by atoms with Crippen LogP contribution < -0.4 is 5.32 Å². The van der Waals surface area contributed by atoms with E-state index in [2.05, 4.69) is 5.32 Å². The van der Waals surface area contributed by atoms with Crippen molar-refractivity contribution < 1.29 is 19.8 Å². The van der Waals surface area contributed by atoms with E-state index in [9.17, 15) is 9.59 Å². The molecule has 0 aliphatic heterocycles. The van der Waals surface area contributed by atoms with Crippen molar-refractivity contribution in [3.63, 3.8) is 0 Å². The zero-order valence-electron chi connectivity index (χ0n) is 9.68. The fourth-order valence-corrected chi connectivity index (χ4v) is 1.38. The van der Waals surface area contributed by atoms with E-state index in [0.717, 1.165) is 0 Å². The van der Waals surface area contributed by atoms with E-state index in [1.165, 1.54) is 30.1 Å². The first-order valence-electron chi connectivity index (χ1n) is 5.11. The highest BCUT2D eigenvalue weighted by Gasteiger charge is 2.12. The Morgan fingerprint density at radius 1 is 1.44 bits per heavy atom. The van der Waals surface area contributed by atoms with E-state index in [4.69, 9.17) is 21.8 Å². The zero-order chi connectivity index (χ0) is 13.7. The van der Waals surface area contributed by atoms with Crippen molar-refractivity contribution in [1.29, 1.82) is 0 Å². The summed E-state index contributed by atoms with van der Waals surface area (Å²) in [5, 5.41) is 20.2. The van der Waals surface area contributed by atoms with Crippen LogP contribution >= 0.6 is 11.6 Å². The third kappa shape index (κ3) is 3.61. The van der Waals surface area contributed by atoms with Crippen LogP contribution in [0, 0.1) is 0 Å². The lowest BCUT2D eigenvalue weighted by molar-refractivity contribution is 0.0697. The van der Waals surface area contributed by atoms with Crippen LogP contribution in [0.4, 0.5) is 10.5 Å². The van der Waals surface area contributed by atoms with Gasteiger partial charge in [-0.1, -0.05) is 11.6 Å². The summed E-state index contributed by atoms with van der Waals surface area (Å²) < 4.78 is 0. The largest absolute Gasteiger partial charge is 0.478 e. The molecule has 0 heterocycles. The van der Waals surface area contributed by atoms with Crippen molar-refractivity contribution >= 4 is 29.3 Å². The number of urea groups is 1. The average Bonchev–Trinajstić information content (AvgIpc) is 2.31. The van der Waals surface area contributed by atoms with Crippen LogP contribution in [-0.4, -0.2) is 47.3 Å². The summed E-state index contributed by atoms with van der Waals surface area (Å²) in [6.07, 6.45) is 0. The number of carbonyl (C=O) groups excluding carboxylic acids is 1. The first-order chi connectivity index (χ1) is 8.45. The Balaban J connectivity index is 2.86. The molecule has 18 heavy (non-hydrogen) atoms. The van der Waals surface area contributed by atoms with Crippen LogP contribution in [0.1, 0.15) is 10.4 Å². The van der Waals surface area contributed by atoms with Crippen LogP contribution in [-0.2, 0) is 0 Å². The van der Waals surface area contributed by atoms with Crippen molar-refractivity contribution in [3.05, 3.63) is 28.8 Å². The summed E-state index contributed by atoms with van der Waals surface area (Å²) in [5.41, 5.74) is 0.242. The van der Waals surface area contributed by atoms with E-state index < -0.39 is 12.0 Å². The van der Waals surface area contributed by atoms with Crippen LogP contribution in [0.2, 0.25) is 5.02 Å². The second-order valence-corrected chi connectivity index (χ2v) is 3.98. The number of carboxylic acid groups (broad SMARTS) is 1. The lowest BCUT2D eigenvalue weighted by atomic mass is 10.2. The molecule has 0 aliphatic rings. The molecule has 98 valence electrons. The van der Waals surface area contributed by atoms with Gasteiger partial charge in [0.1, 0.15) is 0 Å². The minimum atomic E-state index is -1.11. The SMILES string of the molecule is CN(CCO)C(=O)Nc1cc(C(=O)O)ccc1Cl. The Labute approximate surface area is 109 Å². The number of nitrogens with one attached hydrogen (secondary N) is 1. The van der Waals surface area contributed by atoms with Gasteiger partial charge < -0.3 is 20.4 Å². The van der Waals surface area contributed by atoms with Crippen LogP contribution in [0.15, 0.2) is 18.2 Å². The molecule has 0 aliphatic carbocycles. The summed E-state index contributed by atoms with van der Waals surface area (Å²) in [6.45, 7) is 0.00882. The molecule has 2 amide bonds. The molecule has 7 heteroatoms. The number of benzene rings is 1. The molecule has 0 saturated heterocycles. The van der Waals surface area contributed by atoms with Gasteiger partial charge in [-0.15, -0.1) is 0 Å². The number of rotatable bonds is 4. The Kier molecular flexibility index (Phi) is 4.94. The van der Waals surface area contributed by atoms with E-state index in [1.807, 2.05) is 0 Å². The molecule has 0 radical (unpaired) electrons. The van der Waals surface area contributed by atoms with Crippen molar-refractivity contribution in [2.24, 2.45) is 0 Å². The number of aromatic carboxylic acids is 1. The van der Waals surface area contributed by atoms with Crippen molar-refractivity contribution in [2.75, 3.05) is 25.5 Å². The van der Waals surface area contributed by atoms with Gasteiger partial charge in [0.05, 0.1) is 22.9 Å². The van der Waals surface area contributed by atoms with Gasteiger partial charge in [0.15, 0.2) is 0 Å². The number of hydrogen-bond acceptors (Lipinski definition) is 3. The van der Waals surface area contributed by atoms with E-state index in [0.29, 0.717) is 0 Å². The minimum absolute atomic E-state index is 0.0273. The number of amides is 2. The lowest BCUT2D eigenvalue weighted by Crippen LogP contribution is -2.33. The number of carboxylic acids is 1. The maximum Gasteiger partial charge on any atom is 0.335 e. The van der Waals surface area contributed by atoms with E-state index in [-0.39, 0.29) is 29.4 Å². The molecule has 1 aromatic carbocycles. The minimum Gasteiger partial charge on any atom is -0.478 e. The highest BCUT2D eigenvalue weighted by Crippen LogP contribution is 2.23. The number of halogens is 1. The number of nitrogens with zero attached hydrogens (tertiary/aromatic N) is 1. The molecular weight excluding hydrogens is 260 g/mol. The number of aliphatic hydroxyl groups excluding tert-OH is 1. The molecule has 0 saturated carbocycles. The van der Waals surface area contributed by atoms with Crippen molar-refractivity contribution in [3.8, 4) is 0 Å². The highest BCUT2D eigenvalue weighted by atomic mass is 35.5. The summed E-state index contributed by atoms with van der Waals surface area (Å²) in [5.74, 6) is -1.11. The Bertz CT molecular complexity index is 464. The van der Waals surface area contributed by atoms with Gasteiger partial charge in [-0.3, -0.25) is 0 Å². The van der Waals surface area contributed by atoms with Gasteiger partial charge in [-0.05, 0) is 18.2 Å². The van der Waals surface area contributed by atoms with Gasteiger partial charge in [0.25, 0.3) is 0 Å². The molecule has 1 aromatic rings. The summed E-state index contributed by atoms with van der Waals surface area (Å²) in [6, 6.07) is 3.54. The smallest absolute Gasteiger partial charge is 0.335 e. The quantitative estimate of drug-likeness (QED) is 0.775. The number of anilines is 1. The number of carbonyl (C=O) groups is 2. The van der Waals surface area contributed by atoms with Gasteiger partial charge in [-0.2, -0.15) is 0 Å². The average molecular weight is 273 g/mol. The summed E-state index contributed by atoms with van der Waals surface area (Å²) in [7, 11) is 1.50. The highest BCUT2D eigenvalue weighted by molar-refractivity contribution is 6.33. The van der Waals surface area contributed by atoms with Gasteiger partial charge in [-0.25, -0.2) is 9.59 Å². The topological polar surface area (TPSA) is 89.9 Å². The maximum absolute atomic E-state index is 11.6. The number of likely N-dealkylation sites (N-methyl/N-ethyl adjacent to an activating group) is 1. The first-order valence-corrected chi connectivity index (χ1v) is 5.49. The van der Waals surface area contributed by atoms with Crippen molar-refractivity contribution in [2.45, 2.75) is 0 Å². The molecule has 0 atom stereocenters. The molecule has 6 nitrogen and oxygen atoms in total. The monoisotopic (exact) mass is 272 g/mol. The molecule has 0 aromatic heterocycles. The number of aliphatic hydroxyl groups is 1. The normalized spacial score (nSPS) is 9.94. The Hall–Kier alpha value is -1.79. The summed E-state index contributed by atoms with van der Waals surface area (Å²) in [4.78, 5) is 23.7. The number of hydrogen-bond donors (Lipinski definition) is 3. The predicted molar refractivity (Wildman–Crippen MR) is 67.1 cm³/mol. The Morgan fingerprint density at radius 2 is 2.11 bits per heavy atom. The Morgan fingerprint density at radius 3 is 2.67 bits per heavy atom. The molecule has 3 N–H and O–H groups in total. The third-order valence-electron chi connectivity index (χ3n) is 2.24. The maximum atomic E-state index is 11.6. The molecule has 0 fully saturated rings. The van der Waals surface area contributed by atoms with E-state index >= 15 is 0 Å². The second-order valence-electron chi connectivity index (χ2n) is 3.58. The van der Waals surface area contributed by atoms with Crippen LogP contribution in [0.3, 0.4) is 0 Å². The predicted octanol–water partition coefficient (Wildman–Crippen LogP) is 1.49. The van der Waals surface area contributed by atoms with Gasteiger partial charge in [0, 0.05) is 13.6 Å². The van der Waals surface area contributed by atoms with Crippen molar-refractivity contribution in [1.82, 2.24) is 4.90 Å². The fourth-order valence-electron chi connectivity index (χ4n) is 1.22. The molecular formula is C11H13ClN2O4. The van der Waals surface area contributed by atoms with E-state index in [1.54, 1.807) is 0 Å². The lowest BCUT2D eigenvalue weighted by Gasteiger charge is -2.17.